The molecule has 2 amide bonds. The SMILES string of the molecule is CCCCNC(=O)C(C)N(Cc1ccccc1)C(=O)CN(c1cc(C)cc(C)c1)S(=O)(=O)c1ccc(OC)c(OC)c1. The van der Waals surface area contributed by atoms with Crippen molar-refractivity contribution in [2.45, 2.75) is 58.0 Å². The van der Waals surface area contributed by atoms with E-state index in [0.29, 0.717) is 18.0 Å². The molecule has 0 aliphatic heterocycles. The Balaban J connectivity index is 2.07. The molecule has 226 valence electrons. The van der Waals surface area contributed by atoms with Gasteiger partial charge in [0, 0.05) is 19.2 Å². The minimum absolute atomic E-state index is 0.0629. The van der Waals surface area contributed by atoms with Gasteiger partial charge in [0.05, 0.1) is 24.8 Å². The van der Waals surface area contributed by atoms with Crippen LogP contribution in [0, 0.1) is 13.8 Å². The number of hydrogen-bond donors (Lipinski definition) is 1. The summed E-state index contributed by atoms with van der Waals surface area (Å²) in [6, 6.07) is 18.2. The third kappa shape index (κ3) is 8.03. The Morgan fingerprint density at radius 2 is 1.55 bits per heavy atom. The number of hydrogen-bond acceptors (Lipinski definition) is 6. The summed E-state index contributed by atoms with van der Waals surface area (Å²) in [4.78, 5) is 28.5. The first-order valence-electron chi connectivity index (χ1n) is 14.0. The Morgan fingerprint density at radius 3 is 2.14 bits per heavy atom. The molecule has 0 spiro atoms. The second kappa shape index (κ2) is 14.7. The van der Waals surface area contributed by atoms with Crippen LogP contribution in [-0.4, -0.2) is 58.5 Å². The van der Waals surface area contributed by atoms with Crippen molar-refractivity contribution >= 4 is 27.5 Å². The van der Waals surface area contributed by atoms with Crippen molar-refractivity contribution in [3.63, 3.8) is 0 Å². The third-order valence-corrected chi connectivity index (χ3v) is 8.68. The number of carbonyl (C=O) groups excluding carboxylic acids is 2. The summed E-state index contributed by atoms with van der Waals surface area (Å²) in [6.45, 7) is 7.54. The van der Waals surface area contributed by atoms with E-state index in [1.807, 2.05) is 57.2 Å². The quantitative estimate of drug-likeness (QED) is 0.267. The van der Waals surface area contributed by atoms with Crippen LogP contribution >= 0.6 is 0 Å². The number of methoxy groups -OCH3 is 2. The number of ether oxygens (including phenoxy) is 2. The molecule has 0 aliphatic carbocycles. The number of aryl methyl sites for hydroxylation is 2. The Hall–Kier alpha value is -4.05. The third-order valence-electron chi connectivity index (χ3n) is 6.91. The van der Waals surface area contributed by atoms with E-state index in [1.165, 1.54) is 37.3 Å². The molecule has 10 heteroatoms. The number of nitrogens with zero attached hydrogens (tertiary/aromatic N) is 2. The fourth-order valence-electron chi connectivity index (χ4n) is 4.63. The summed E-state index contributed by atoms with van der Waals surface area (Å²) in [6.07, 6.45) is 1.73. The van der Waals surface area contributed by atoms with Gasteiger partial charge in [0.2, 0.25) is 11.8 Å². The highest BCUT2D eigenvalue weighted by atomic mass is 32.2. The van der Waals surface area contributed by atoms with Crippen LogP contribution in [0.2, 0.25) is 0 Å². The van der Waals surface area contributed by atoms with E-state index in [2.05, 4.69) is 5.32 Å². The molecule has 0 saturated heterocycles. The van der Waals surface area contributed by atoms with Crippen LogP contribution in [0.15, 0.2) is 71.6 Å². The second-order valence-corrected chi connectivity index (χ2v) is 12.1. The molecule has 42 heavy (non-hydrogen) atoms. The lowest BCUT2D eigenvalue weighted by Gasteiger charge is -2.32. The first-order valence-corrected chi connectivity index (χ1v) is 15.4. The summed E-state index contributed by atoms with van der Waals surface area (Å²) < 4.78 is 40.1. The molecule has 0 bridgehead atoms. The minimum Gasteiger partial charge on any atom is -0.493 e. The largest absolute Gasteiger partial charge is 0.493 e. The van der Waals surface area contributed by atoms with E-state index in [4.69, 9.17) is 9.47 Å². The molecule has 1 N–H and O–H groups in total. The lowest BCUT2D eigenvalue weighted by Crippen LogP contribution is -2.51. The highest BCUT2D eigenvalue weighted by molar-refractivity contribution is 7.92. The Bertz CT molecular complexity index is 1460. The van der Waals surface area contributed by atoms with E-state index in [9.17, 15) is 18.0 Å². The van der Waals surface area contributed by atoms with Gasteiger partial charge in [-0.25, -0.2) is 8.42 Å². The molecular weight excluding hydrogens is 554 g/mol. The zero-order chi connectivity index (χ0) is 30.9. The summed E-state index contributed by atoms with van der Waals surface area (Å²) in [5.41, 5.74) is 2.85. The lowest BCUT2D eigenvalue weighted by molar-refractivity contribution is -0.139. The zero-order valence-corrected chi connectivity index (χ0v) is 26.0. The van der Waals surface area contributed by atoms with Gasteiger partial charge >= 0.3 is 0 Å². The van der Waals surface area contributed by atoms with Gasteiger partial charge in [-0.1, -0.05) is 49.7 Å². The van der Waals surface area contributed by atoms with Crippen LogP contribution in [0.1, 0.15) is 43.4 Å². The second-order valence-electron chi connectivity index (χ2n) is 10.2. The molecule has 0 aliphatic rings. The number of sulfonamides is 1. The molecule has 9 nitrogen and oxygen atoms in total. The highest BCUT2D eigenvalue weighted by Crippen LogP contribution is 2.33. The monoisotopic (exact) mass is 595 g/mol. The number of nitrogens with one attached hydrogen (secondary N) is 1. The molecule has 3 aromatic carbocycles. The van der Waals surface area contributed by atoms with Gasteiger partial charge in [0.15, 0.2) is 11.5 Å². The molecule has 1 atom stereocenters. The van der Waals surface area contributed by atoms with Gasteiger partial charge in [-0.05, 0) is 68.1 Å². The summed E-state index contributed by atoms with van der Waals surface area (Å²) in [7, 11) is -1.37. The molecule has 0 saturated carbocycles. The van der Waals surface area contributed by atoms with E-state index < -0.39 is 28.5 Å². The minimum atomic E-state index is -4.26. The first kappa shape index (κ1) is 32.5. The zero-order valence-electron chi connectivity index (χ0n) is 25.2. The summed E-state index contributed by atoms with van der Waals surface area (Å²) >= 11 is 0. The van der Waals surface area contributed by atoms with Gasteiger partial charge < -0.3 is 19.7 Å². The number of carbonyl (C=O) groups is 2. The van der Waals surface area contributed by atoms with Crippen LogP contribution in [0.5, 0.6) is 11.5 Å². The molecule has 0 aromatic heterocycles. The molecule has 0 heterocycles. The number of amides is 2. The maximum Gasteiger partial charge on any atom is 0.264 e. The van der Waals surface area contributed by atoms with Crippen molar-refractivity contribution in [2.75, 3.05) is 31.6 Å². The summed E-state index contributed by atoms with van der Waals surface area (Å²) in [5, 5.41) is 2.89. The molecule has 0 radical (unpaired) electrons. The number of benzene rings is 3. The van der Waals surface area contributed by atoms with Gasteiger partial charge in [0.1, 0.15) is 12.6 Å². The van der Waals surface area contributed by atoms with E-state index in [0.717, 1.165) is 33.8 Å². The van der Waals surface area contributed by atoms with Gasteiger partial charge in [0.25, 0.3) is 10.0 Å². The van der Waals surface area contributed by atoms with Crippen LogP contribution in [-0.2, 0) is 26.2 Å². The lowest BCUT2D eigenvalue weighted by atomic mass is 10.1. The van der Waals surface area contributed by atoms with Crippen molar-refractivity contribution < 1.29 is 27.5 Å². The Labute approximate surface area is 249 Å². The topological polar surface area (TPSA) is 105 Å². The van der Waals surface area contributed by atoms with Crippen molar-refractivity contribution in [1.29, 1.82) is 0 Å². The van der Waals surface area contributed by atoms with Crippen LogP contribution in [0.25, 0.3) is 0 Å². The normalized spacial score (nSPS) is 11.9. The number of anilines is 1. The summed E-state index contributed by atoms with van der Waals surface area (Å²) in [5.74, 6) is -0.190. The fraction of sp³-hybridized carbons (Fsp3) is 0.375. The van der Waals surface area contributed by atoms with E-state index >= 15 is 0 Å². The molecule has 1 unspecified atom stereocenters. The average Bonchev–Trinajstić information content (AvgIpc) is 2.97. The van der Waals surface area contributed by atoms with E-state index in [-0.39, 0.29) is 23.1 Å². The molecule has 3 rings (SSSR count). The molecular formula is C32H41N3O6S. The predicted octanol–water partition coefficient (Wildman–Crippen LogP) is 4.85. The van der Waals surface area contributed by atoms with Crippen LogP contribution in [0.3, 0.4) is 0 Å². The van der Waals surface area contributed by atoms with Crippen molar-refractivity contribution in [2.24, 2.45) is 0 Å². The standard InChI is InChI=1S/C32H41N3O6S/c1-7-8-16-33-32(37)25(4)34(21-26-12-10-9-11-13-26)31(36)22-35(27-18-23(2)17-24(3)19-27)42(38,39)28-14-15-29(40-5)30(20-28)41-6/h9-15,17-20,25H,7-8,16,21-22H2,1-6H3,(H,33,37). The molecule has 3 aromatic rings. The van der Waals surface area contributed by atoms with Crippen molar-refractivity contribution in [1.82, 2.24) is 10.2 Å². The van der Waals surface area contributed by atoms with Crippen molar-refractivity contribution in [3.8, 4) is 11.5 Å². The Morgan fingerprint density at radius 1 is 0.905 bits per heavy atom. The van der Waals surface area contributed by atoms with Crippen LogP contribution in [0.4, 0.5) is 5.69 Å². The van der Waals surface area contributed by atoms with E-state index in [1.54, 1.807) is 19.1 Å². The highest BCUT2D eigenvalue weighted by Gasteiger charge is 2.33. The van der Waals surface area contributed by atoms with Crippen molar-refractivity contribution in [3.05, 3.63) is 83.4 Å². The number of rotatable bonds is 14. The maximum atomic E-state index is 14.2. The van der Waals surface area contributed by atoms with Crippen LogP contribution < -0.4 is 19.1 Å². The van der Waals surface area contributed by atoms with Gasteiger partial charge in [-0.2, -0.15) is 0 Å². The average molecular weight is 596 g/mol. The Kier molecular flexibility index (Phi) is 11.4. The van der Waals surface area contributed by atoms with Gasteiger partial charge in [-0.3, -0.25) is 13.9 Å². The smallest absolute Gasteiger partial charge is 0.264 e. The molecule has 0 fully saturated rings. The predicted molar refractivity (Wildman–Crippen MR) is 164 cm³/mol. The maximum absolute atomic E-state index is 14.2. The van der Waals surface area contributed by atoms with Gasteiger partial charge in [-0.15, -0.1) is 0 Å². The first-order chi connectivity index (χ1) is 20.0. The number of unbranched alkanes of at least 4 members (excludes halogenated alkanes) is 1. The fourth-order valence-corrected chi connectivity index (χ4v) is 6.04.